The molecule has 3 atom stereocenters. The third-order valence-corrected chi connectivity index (χ3v) is 9.20. The standard InChI is InChI=1S/C37H40N2O7S/c40-24-26-12-14-29(15-13-26)33-22-32(25-47-35-10-4-5-20-39(35)44)45-37(46-33)30-18-16-28(17-19-30)31-8-6-7-27(21-31)23-38-34(41)9-2-1-3-11-36(42)43/h4-8,10,12-21,32-33,37,40H,1-3,9,11,22-25H2,(H,38,41)(H,42,43). The van der Waals surface area contributed by atoms with Crippen molar-refractivity contribution in [2.45, 2.75) is 75.2 Å². The minimum Gasteiger partial charge on any atom is -0.618 e. The van der Waals surface area contributed by atoms with Crippen LogP contribution in [0.5, 0.6) is 0 Å². The largest absolute Gasteiger partial charge is 0.618 e. The highest BCUT2D eigenvalue weighted by Crippen LogP contribution is 2.39. The van der Waals surface area contributed by atoms with Crippen LogP contribution in [0.15, 0.2) is 102 Å². The van der Waals surface area contributed by atoms with E-state index in [9.17, 15) is 19.9 Å². The van der Waals surface area contributed by atoms with E-state index in [2.05, 4.69) is 11.4 Å². The summed E-state index contributed by atoms with van der Waals surface area (Å²) in [5.74, 6) is -0.265. The number of ether oxygens (including phenoxy) is 2. The first-order valence-corrected chi connectivity index (χ1v) is 16.9. The molecule has 2 heterocycles. The van der Waals surface area contributed by atoms with Crippen LogP contribution >= 0.6 is 11.8 Å². The van der Waals surface area contributed by atoms with Crippen molar-refractivity contribution in [3.63, 3.8) is 0 Å². The highest BCUT2D eigenvalue weighted by atomic mass is 32.2. The SMILES string of the molecule is O=C(O)CCCCCC(=O)NCc1cccc(-c2ccc(C3OC(CSc4cccc[n+]4[O-])CC(c4ccc(CO)cc4)O3)cc2)c1. The molecule has 10 heteroatoms. The number of nitrogens with one attached hydrogen (secondary N) is 1. The second-order valence-corrected chi connectivity index (χ2v) is 12.6. The molecule has 0 radical (unpaired) electrons. The number of rotatable bonds is 15. The van der Waals surface area contributed by atoms with E-state index in [0.717, 1.165) is 44.5 Å². The van der Waals surface area contributed by atoms with E-state index in [-0.39, 0.29) is 31.1 Å². The lowest BCUT2D eigenvalue weighted by Crippen LogP contribution is -2.32. The van der Waals surface area contributed by atoms with Crippen LogP contribution in [0, 0.1) is 5.21 Å². The number of hydrogen-bond donors (Lipinski definition) is 3. The van der Waals surface area contributed by atoms with Gasteiger partial charge < -0.3 is 30.2 Å². The van der Waals surface area contributed by atoms with Gasteiger partial charge in [0.05, 0.1) is 18.8 Å². The summed E-state index contributed by atoms with van der Waals surface area (Å²) in [6.07, 6.45) is 3.60. The smallest absolute Gasteiger partial charge is 0.303 e. The molecular weight excluding hydrogens is 616 g/mol. The third kappa shape index (κ3) is 10.1. The number of carboxylic acid groups (broad SMARTS) is 1. The molecular formula is C37H40N2O7S. The van der Waals surface area contributed by atoms with Crippen LogP contribution in [0.4, 0.5) is 0 Å². The quantitative estimate of drug-likeness (QED) is 0.0575. The lowest BCUT2D eigenvalue weighted by Gasteiger charge is -2.36. The molecule has 5 rings (SSSR count). The molecule has 1 aliphatic rings. The monoisotopic (exact) mass is 656 g/mol. The average molecular weight is 657 g/mol. The summed E-state index contributed by atoms with van der Waals surface area (Å²) in [5, 5.41) is 34.0. The number of benzene rings is 3. The minimum atomic E-state index is -0.808. The first kappa shape index (κ1) is 34.1. The van der Waals surface area contributed by atoms with E-state index in [1.54, 1.807) is 12.1 Å². The minimum absolute atomic E-state index is 0.0233. The van der Waals surface area contributed by atoms with Gasteiger partial charge in [0.2, 0.25) is 5.91 Å². The van der Waals surface area contributed by atoms with Gasteiger partial charge in [-0.3, -0.25) is 9.59 Å². The summed E-state index contributed by atoms with van der Waals surface area (Å²) in [5.41, 5.74) is 5.74. The van der Waals surface area contributed by atoms with Gasteiger partial charge in [-0.15, -0.1) is 0 Å². The number of aliphatic hydroxyl groups excluding tert-OH is 1. The number of amides is 1. The number of thioether (sulfide) groups is 1. The lowest BCUT2D eigenvalue weighted by atomic mass is 9.99. The highest BCUT2D eigenvalue weighted by Gasteiger charge is 2.32. The number of carbonyl (C=O) groups is 2. The number of aliphatic hydroxyl groups is 1. The fourth-order valence-corrected chi connectivity index (χ4v) is 6.38. The van der Waals surface area contributed by atoms with Crippen molar-refractivity contribution in [2.24, 2.45) is 0 Å². The molecule has 9 nitrogen and oxygen atoms in total. The van der Waals surface area contributed by atoms with Crippen molar-refractivity contribution >= 4 is 23.6 Å². The Morgan fingerprint density at radius 1 is 0.851 bits per heavy atom. The Bertz CT molecular complexity index is 1610. The summed E-state index contributed by atoms with van der Waals surface area (Å²) >= 11 is 1.46. The molecule has 1 aromatic heterocycles. The second kappa shape index (κ2) is 17.1. The number of aromatic nitrogens is 1. The molecule has 246 valence electrons. The topological polar surface area (TPSA) is 132 Å². The van der Waals surface area contributed by atoms with E-state index in [4.69, 9.17) is 14.6 Å². The van der Waals surface area contributed by atoms with Crippen LogP contribution in [-0.2, 0) is 32.2 Å². The fourth-order valence-electron chi connectivity index (χ4n) is 5.45. The van der Waals surface area contributed by atoms with Crippen molar-refractivity contribution in [1.29, 1.82) is 0 Å². The van der Waals surface area contributed by atoms with Gasteiger partial charge in [-0.05, 0) is 52.8 Å². The number of nitrogens with zero attached hydrogens (tertiary/aromatic N) is 1. The molecule has 1 aliphatic heterocycles. The molecule has 4 aromatic rings. The van der Waals surface area contributed by atoms with Crippen LogP contribution in [-0.4, -0.2) is 33.9 Å². The highest BCUT2D eigenvalue weighted by molar-refractivity contribution is 7.99. The maximum atomic E-state index is 12.3. The predicted octanol–water partition coefficient (Wildman–Crippen LogP) is 6.47. The maximum absolute atomic E-state index is 12.3. The molecule has 3 aromatic carbocycles. The van der Waals surface area contributed by atoms with Crippen LogP contribution in [0.1, 0.15) is 73.2 Å². The van der Waals surface area contributed by atoms with Gasteiger partial charge in [0.25, 0.3) is 5.03 Å². The first-order valence-electron chi connectivity index (χ1n) is 15.9. The van der Waals surface area contributed by atoms with E-state index in [1.807, 2.05) is 72.8 Å². The van der Waals surface area contributed by atoms with Gasteiger partial charge in [0, 0.05) is 49.3 Å². The normalized spacial score (nSPS) is 17.7. The second-order valence-electron chi connectivity index (χ2n) is 11.6. The zero-order valence-corrected chi connectivity index (χ0v) is 26.9. The predicted molar refractivity (Wildman–Crippen MR) is 179 cm³/mol. The summed E-state index contributed by atoms with van der Waals surface area (Å²) in [6.45, 7) is 0.392. The zero-order valence-electron chi connectivity index (χ0n) is 26.1. The molecule has 0 saturated carbocycles. The molecule has 47 heavy (non-hydrogen) atoms. The molecule has 0 spiro atoms. The first-order chi connectivity index (χ1) is 22.9. The van der Waals surface area contributed by atoms with Crippen LogP contribution in [0.2, 0.25) is 0 Å². The Hall–Kier alpha value is -4.22. The van der Waals surface area contributed by atoms with Crippen molar-refractivity contribution in [3.8, 4) is 11.1 Å². The van der Waals surface area contributed by atoms with Crippen molar-refractivity contribution in [3.05, 3.63) is 125 Å². The number of carboxylic acids is 1. The van der Waals surface area contributed by atoms with Crippen molar-refractivity contribution < 1.29 is 34.0 Å². The van der Waals surface area contributed by atoms with Crippen molar-refractivity contribution in [2.75, 3.05) is 5.75 Å². The van der Waals surface area contributed by atoms with E-state index >= 15 is 0 Å². The van der Waals surface area contributed by atoms with E-state index in [0.29, 0.717) is 43.0 Å². The molecule has 1 amide bonds. The number of aliphatic carboxylic acids is 1. The molecule has 0 aliphatic carbocycles. The third-order valence-electron chi connectivity index (χ3n) is 8.05. The number of pyridine rings is 1. The number of unbranched alkanes of at least 4 members (excludes halogenated alkanes) is 2. The number of carbonyl (C=O) groups excluding carboxylic acids is 1. The van der Waals surface area contributed by atoms with Gasteiger partial charge >= 0.3 is 5.97 Å². The van der Waals surface area contributed by atoms with Crippen LogP contribution in [0.25, 0.3) is 11.1 Å². The summed E-state index contributed by atoms with van der Waals surface area (Å²) in [7, 11) is 0. The molecule has 3 N–H and O–H groups in total. The summed E-state index contributed by atoms with van der Waals surface area (Å²) in [6, 6.07) is 29.2. The van der Waals surface area contributed by atoms with Gasteiger partial charge in [0.15, 0.2) is 12.5 Å². The van der Waals surface area contributed by atoms with Crippen LogP contribution < -0.4 is 10.0 Å². The zero-order chi connectivity index (χ0) is 33.0. The summed E-state index contributed by atoms with van der Waals surface area (Å²) in [4.78, 5) is 22.9. The molecule has 0 bridgehead atoms. The average Bonchev–Trinajstić information content (AvgIpc) is 3.10. The fraction of sp³-hybridized carbons (Fsp3) is 0.324. The van der Waals surface area contributed by atoms with Crippen LogP contribution in [0.3, 0.4) is 0 Å². The van der Waals surface area contributed by atoms with Gasteiger partial charge in [-0.2, -0.15) is 4.73 Å². The Kier molecular flexibility index (Phi) is 12.4. The molecule has 1 fully saturated rings. The lowest BCUT2D eigenvalue weighted by molar-refractivity contribution is -0.645. The Labute approximate surface area is 279 Å². The Morgan fingerprint density at radius 3 is 2.36 bits per heavy atom. The Morgan fingerprint density at radius 2 is 1.62 bits per heavy atom. The van der Waals surface area contributed by atoms with E-state index < -0.39 is 12.3 Å². The van der Waals surface area contributed by atoms with Gasteiger partial charge in [-0.1, -0.05) is 84.9 Å². The van der Waals surface area contributed by atoms with Gasteiger partial charge in [-0.25, -0.2) is 0 Å². The van der Waals surface area contributed by atoms with Crippen molar-refractivity contribution in [1.82, 2.24) is 5.32 Å². The number of hydrogen-bond acceptors (Lipinski definition) is 7. The molecule has 3 unspecified atom stereocenters. The van der Waals surface area contributed by atoms with E-state index in [1.165, 1.54) is 18.0 Å². The summed E-state index contributed by atoms with van der Waals surface area (Å²) < 4.78 is 13.8. The van der Waals surface area contributed by atoms with Gasteiger partial charge in [0.1, 0.15) is 0 Å². The Balaban J connectivity index is 1.23. The maximum Gasteiger partial charge on any atom is 0.303 e. The molecule has 1 saturated heterocycles.